The van der Waals surface area contributed by atoms with Crippen LogP contribution in [0.4, 0.5) is 5.69 Å². The Labute approximate surface area is 192 Å². The van der Waals surface area contributed by atoms with E-state index in [1.165, 1.54) is 30.6 Å². The molecule has 1 fully saturated rings. The van der Waals surface area contributed by atoms with Gasteiger partial charge in [0.25, 0.3) is 0 Å². The van der Waals surface area contributed by atoms with Crippen molar-refractivity contribution in [3.8, 4) is 0 Å². The Morgan fingerprint density at radius 3 is 2.48 bits per heavy atom. The van der Waals surface area contributed by atoms with Gasteiger partial charge in [0, 0.05) is 31.9 Å². The van der Waals surface area contributed by atoms with Crippen LogP contribution in [-0.2, 0) is 6.54 Å². The van der Waals surface area contributed by atoms with Gasteiger partial charge in [-0.25, -0.2) is 4.99 Å². The summed E-state index contributed by atoms with van der Waals surface area (Å²) in [5.41, 5.74) is 3.54. The van der Waals surface area contributed by atoms with E-state index in [1.807, 2.05) is 18.2 Å². The number of halogens is 1. The number of para-hydroxylation sites is 1. The van der Waals surface area contributed by atoms with E-state index in [0.717, 1.165) is 37.8 Å². The van der Waals surface area contributed by atoms with Crippen LogP contribution in [0, 0.1) is 6.92 Å². The fraction of sp³-hybridized carbons (Fsp3) is 0.435. The largest absolute Gasteiger partial charge is 0.355 e. The quantitative estimate of drug-likeness (QED) is 0.355. The van der Waals surface area contributed by atoms with Gasteiger partial charge in [-0.1, -0.05) is 48.0 Å². The van der Waals surface area contributed by atoms with Crippen molar-refractivity contribution in [3.05, 3.63) is 65.7 Å². The minimum absolute atomic E-state index is 0. The first kappa shape index (κ1) is 23.6. The lowest BCUT2D eigenvalue weighted by Crippen LogP contribution is -2.39. The van der Waals surface area contributed by atoms with Crippen molar-refractivity contribution in [3.63, 3.8) is 0 Å². The van der Waals surface area contributed by atoms with E-state index in [4.69, 9.17) is 4.99 Å². The van der Waals surface area contributed by atoms with Gasteiger partial charge in [-0.3, -0.25) is 0 Å². The number of hydrogen-bond acceptors (Lipinski definition) is 3. The Morgan fingerprint density at radius 1 is 0.966 bits per heavy atom. The molecule has 0 atom stereocenters. The highest BCUT2D eigenvalue weighted by molar-refractivity contribution is 14.0. The number of benzene rings is 2. The molecular weight excluding hydrogens is 473 g/mol. The summed E-state index contributed by atoms with van der Waals surface area (Å²) < 4.78 is 0. The number of likely N-dealkylation sites (N-methyl/N-ethyl adjacent to an activating group) is 1. The SMILES string of the molecule is Cc1ccc(CN=C(NCCN2CCCN(C)CC2)Nc2ccccc2)cc1.I. The standard InChI is InChI=1S/C23H33N5.HI/c1-20-9-11-21(12-10-20)19-25-23(26-22-7-4-3-5-8-22)24-13-16-28-15-6-14-27(2)17-18-28;/h3-5,7-12H,6,13-19H2,1-2H3,(H2,24,25,26);1H. The van der Waals surface area contributed by atoms with Crippen LogP contribution in [0.2, 0.25) is 0 Å². The summed E-state index contributed by atoms with van der Waals surface area (Å²) in [6.07, 6.45) is 1.24. The summed E-state index contributed by atoms with van der Waals surface area (Å²) in [7, 11) is 2.21. The number of aliphatic imine (C=N–C) groups is 1. The van der Waals surface area contributed by atoms with E-state index in [9.17, 15) is 0 Å². The monoisotopic (exact) mass is 507 g/mol. The van der Waals surface area contributed by atoms with Gasteiger partial charge in [-0.15, -0.1) is 24.0 Å². The second-order valence-electron chi connectivity index (χ2n) is 7.57. The molecule has 0 aromatic heterocycles. The second-order valence-corrected chi connectivity index (χ2v) is 7.57. The summed E-state index contributed by atoms with van der Waals surface area (Å²) in [6, 6.07) is 18.8. The van der Waals surface area contributed by atoms with Gasteiger partial charge in [-0.2, -0.15) is 0 Å². The Morgan fingerprint density at radius 2 is 1.72 bits per heavy atom. The van der Waals surface area contributed by atoms with Crippen LogP contribution in [0.15, 0.2) is 59.6 Å². The molecule has 0 amide bonds. The van der Waals surface area contributed by atoms with Crippen LogP contribution in [0.5, 0.6) is 0 Å². The van der Waals surface area contributed by atoms with Gasteiger partial charge in [0.05, 0.1) is 6.54 Å². The lowest BCUT2D eigenvalue weighted by atomic mass is 10.1. The van der Waals surface area contributed by atoms with Gasteiger partial charge in [0.2, 0.25) is 0 Å². The molecule has 1 saturated heterocycles. The predicted octanol–water partition coefficient (Wildman–Crippen LogP) is 3.81. The van der Waals surface area contributed by atoms with E-state index in [0.29, 0.717) is 6.54 Å². The van der Waals surface area contributed by atoms with Gasteiger partial charge in [0.15, 0.2) is 5.96 Å². The van der Waals surface area contributed by atoms with Crippen LogP contribution in [0.25, 0.3) is 0 Å². The Bertz CT molecular complexity index is 733. The van der Waals surface area contributed by atoms with Gasteiger partial charge >= 0.3 is 0 Å². The minimum Gasteiger partial charge on any atom is -0.355 e. The molecule has 2 aromatic rings. The number of anilines is 1. The van der Waals surface area contributed by atoms with E-state index < -0.39 is 0 Å². The maximum absolute atomic E-state index is 4.80. The summed E-state index contributed by atoms with van der Waals surface area (Å²) in [4.78, 5) is 9.75. The molecule has 0 unspecified atom stereocenters. The Balaban J connectivity index is 0.00000300. The van der Waals surface area contributed by atoms with Crippen LogP contribution in [0.3, 0.4) is 0 Å². The molecule has 0 spiro atoms. The molecule has 6 heteroatoms. The minimum atomic E-state index is 0. The van der Waals surface area contributed by atoms with Gasteiger partial charge in [0.1, 0.15) is 0 Å². The number of rotatable bonds is 6. The third-order valence-electron chi connectivity index (χ3n) is 5.11. The first-order chi connectivity index (χ1) is 13.7. The molecule has 2 aromatic carbocycles. The molecule has 0 bridgehead atoms. The van der Waals surface area contributed by atoms with Gasteiger partial charge < -0.3 is 20.4 Å². The summed E-state index contributed by atoms with van der Waals surface area (Å²) in [5, 5.41) is 6.94. The highest BCUT2D eigenvalue weighted by Gasteiger charge is 2.11. The smallest absolute Gasteiger partial charge is 0.196 e. The molecule has 0 aliphatic carbocycles. The zero-order chi connectivity index (χ0) is 19.6. The highest BCUT2D eigenvalue weighted by atomic mass is 127. The summed E-state index contributed by atoms with van der Waals surface area (Å²) in [5.74, 6) is 0.832. The first-order valence-corrected chi connectivity index (χ1v) is 10.3. The van der Waals surface area contributed by atoms with Crippen molar-refractivity contribution in [2.75, 3.05) is 51.6 Å². The number of guanidine groups is 1. The molecule has 0 saturated carbocycles. The average Bonchev–Trinajstić information content (AvgIpc) is 2.92. The van der Waals surface area contributed by atoms with Crippen LogP contribution < -0.4 is 10.6 Å². The lowest BCUT2D eigenvalue weighted by Gasteiger charge is -2.21. The summed E-state index contributed by atoms with van der Waals surface area (Å²) >= 11 is 0. The van der Waals surface area contributed by atoms with E-state index in [1.54, 1.807) is 0 Å². The summed E-state index contributed by atoms with van der Waals surface area (Å²) in [6.45, 7) is 9.35. The van der Waals surface area contributed by atoms with Crippen molar-refractivity contribution in [1.29, 1.82) is 0 Å². The third-order valence-corrected chi connectivity index (χ3v) is 5.11. The predicted molar refractivity (Wildman–Crippen MR) is 134 cm³/mol. The Hall–Kier alpha value is -1.64. The molecule has 1 heterocycles. The normalized spacial score (nSPS) is 16.0. The van der Waals surface area contributed by atoms with Crippen molar-refractivity contribution >= 4 is 35.6 Å². The van der Waals surface area contributed by atoms with Crippen LogP contribution >= 0.6 is 24.0 Å². The molecule has 29 heavy (non-hydrogen) atoms. The van der Waals surface area contributed by atoms with E-state index in [-0.39, 0.29) is 24.0 Å². The second kappa shape index (κ2) is 12.8. The third kappa shape index (κ3) is 8.72. The molecule has 0 radical (unpaired) electrons. The highest BCUT2D eigenvalue weighted by Crippen LogP contribution is 2.07. The molecule has 1 aliphatic rings. The van der Waals surface area contributed by atoms with Crippen LogP contribution in [-0.4, -0.2) is 62.1 Å². The molecular formula is C23H34IN5. The zero-order valence-corrected chi connectivity index (χ0v) is 19.9. The fourth-order valence-corrected chi connectivity index (χ4v) is 3.32. The van der Waals surface area contributed by atoms with Crippen molar-refractivity contribution in [1.82, 2.24) is 15.1 Å². The van der Waals surface area contributed by atoms with Gasteiger partial charge in [-0.05, 0) is 51.2 Å². The molecule has 158 valence electrons. The van der Waals surface area contributed by atoms with Crippen molar-refractivity contribution in [2.45, 2.75) is 19.9 Å². The maximum atomic E-state index is 4.80. The van der Waals surface area contributed by atoms with E-state index in [2.05, 4.69) is 70.8 Å². The first-order valence-electron chi connectivity index (χ1n) is 10.3. The number of aryl methyl sites for hydroxylation is 1. The number of nitrogens with zero attached hydrogens (tertiary/aromatic N) is 3. The Kier molecular flexibility index (Phi) is 10.5. The molecule has 2 N–H and O–H groups in total. The average molecular weight is 507 g/mol. The molecule has 5 nitrogen and oxygen atoms in total. The molecule has 3 rings (SSSR count). The van der Waals surface area contributed by atoms with E-state index >= 15 is 0 Å². The van der Waals surface area contributed by atoms with Crippen molar-refractivity contribution < 1.29 is 0 Å². The fourth-order valence-electron chi connectivity index (χ4n) is 3.32. The topological polar surface area (TPSA) is 42.9 Å². The number of hydrogen-bond donors (Lipinski definition) is 2. The van der Waals surface area contributed by atoms with Crippen LogP contribution in [0.1, 0.15) is 17.5 Å². The lowest BCUT2D eigenvalue weighted by molar-refractivity contribution is 0.280. The zero-order valence-electron chi connectivity index (χ0n) is 17.6. The maximum Gasteiger partial charge on any atom is 0.196 e. The van der Waals surface area contributed by atoms with Crippen molar-refractivity contribution in [2.24, 2.45) is 4.99 Å². The molecule has 1 aliphatic heterocycles. The number of nitrogens with one attached hydrogen (secondary N) is 2.